The van der Waals surface area contributed by atoms with Gasteiger partial charge in [0.25, 0.3) is 0 Å². The number of nitrogens with one attached hydrogen (secondary N) is 1. The van der Waals surface area contributed by atoms with Gasteiger partial charge in [0, 0.05) is 13.0 Å². The van der Waals surface area contributed by atoms with Crippen molar-refractivity contribution in [1.82, 2.24) is 10.2 Å². The smallest absolute Gasteiger partial charge is 0.243 e. The standard InChI is InChI=1S/C21H28FN3O3/c1-6-13-7-8-14(9-16(13)22)12(2)24-19(27)17-10-15(26)11-25(17)20(28)18(23)21(3,4)5/h1,7-9,12,15,17-18,26H,10-11,23H2,2-5H3,(H,24,27)/t12-,15+,17-,18+/m0/s1. The Labute approximate surface area is 165 Å². The van der Waals surface area contributed by atoms with Crippen LogP contribution in [0.3, 0.4) is 0 Å². The molecule has 0 radical (unpaired) electrons. The molecule has 4 atom stereocenters. The van der Waals surface area contributed by atoms with Crippen molar-refractivity contribution in [2.75, 3.05) is 6.54 Å². The third-order valence-electron chi connectivity index (χ3n) is 5.07. The number of halogens is 1. The van der Waals surface area contributed by atoms with E-state index in [1.165, 1.54) is 17.0 Å². The van der Waals surface area contributed by atoms with Gasteiger partial charge in [-0.3, -0.25) is 9.59 Å². The lowest BCUT2D eigenvalue weighted by Crippen LogP contribution is -2.55. The van der Waals surface area contributed by atoms with Gasteiger partial charge in [-0.05, 0) is 30.0 Å². The Morgan fingerprint density at radius 1 is 1.43 bits per heavy atom. The topological polar surface area (TPSA) is 95.7 Å². The summed E-state index contributed by atoms with van der Waals surface area (Å²) in [5, 5.41) is 12.8. The molecule has 4 N–H and O–H groups in total. The van der Waals surface area contributed by atoms with Crippen LogP contribution in [0.5, 0.6) is 0 Å². The molecule has 1 heterocycles. The largest absolute Gasteiger partial charge is 0.391 e. The van der Waals surface area contributed by atoms with Crippen LogP contribution in [-0.2, 0) is 9.59 Å². The molecule has 1 aromatic rings. The second-order valence-corrected chi connectivity index (χ2v) is 8.35. The number of aliphatic hydroxyl groups excluding tert-OH is 1. The fraction of sp³-hybridized carbons (Fsp3) is 0.524. The monoisotopic (exact) mass is 389 g/mol. The molecule has 0 bridgehead atoms. The maximum Gasteiger partial charge on any atom is 0.243 e. The molecule has 28 heavy (non-hydrogen) atoms. The van der Waals surface area contributed by atoms with E-state index in [9.17, 15) is 19.1 Å². The molecule has 1 aliphatic heterocycles. The number of nitrogens with two attached hydrogens (primary N) is 1. The molecule has 1 aliphatic rings. The number of hydrogen-bond acceptors (Lipinski definition) is 4. The lowest BCUT2D eigenvalue weighted by atomic mass is 9.86. The molecule has 0 spiro atoms. The molecule has 0 aliphatic carbocycles. The summed E-state index contributed by atoms with van der Waals surface area (Å²) in [4.78, 5) is 26.9. The summed E-state index contributed by atoms with van der Waals surface area (Å²) >= 11 is 0. The van der Waals surface area contributed by atoms with E-state index in [1.807, 2.05) is 20.8 Å². The molecular weight excluding hydrogens is 361 g/mol. The van der Waals surface area contributed by atoms with Crippen LogP contribution in [0.25, 0.3) is 0 Å². The molecule has 0 saturated carbocycles. The minimum Gasteiger partial charge on any atom is -0.391 e. The van der Waals surface area contributed by atoms with Crippen LogP contribution in [0.4, 0.5) is 4.39 Å². The van der Waals surface area contributed by atoms with E-state index >= 15 is 0 Å². The lowest BCUT2D eigenvalue weighted by molar-refractivity contribution is -0.141. The first-order chi connectivity index (χ1) is 13.0. The Kier molecular flexibility index (Phi) is 6.48. The first-order valence-electron chi connectivity index (χ1n) is 9.26. The normalized spacial score (nSPS) is 21.7. The van der Waals surface area contributed by atoms with E-state index in [0.29, 0.717) is 5.56 Å². The second-order valence-electron chi connectivity index (χ2n) is 8.35. The summed E-state index contributed by atoms with van der Waals surface area (Å²) < 4.78 is 13.9. The van der Waals surface area contributed by atoms with Crippen molar-refractivity contribution in [2.45, 2.75) is 58.3 Å². The average Bonchev–Trinajstić information content (AvgIpc) is 3.01. The van der Waals surface area contributed by atoms with E-state index in [2.05, 4.69) is 11.2 Å². The summed E-state index contributed by atoms with van der Waals surface area (Å²) in [6.07, 6.45) is 4.55. The van der Waals surface area contributed by atoms with Crippen molar-refractivity contribution in [1.29, 1.82) is 0 Å². The van der Waals surface area contributed by atoms with Crippen molar-refractivity contribution in [3.05, 3.63) is 35.1 Å². The average molecular weight is 389 g/mol. The number of benzene rings is 1. The summed E-state index contributed by atoms with van der Waals surface area (Å²) in [6, 6.07) is 2.28. The number of carbonyl (C=O) groups is 2. The molecule has 2 amide bonds. The molecular formula is C21H28FN3O3. The van der Waals surface area contributed by atoms with Gasteiger partial charge < -0.3 is 21.1 Å². The molecule has 0 unspecified atom stereocenters. The predicted octanol–water partition coefficient (Wildman–Crippen LogP) is 1.32. The minimum atomic E-state index is -0.826. The van der Waals surface area contributed by atoms with E-state index < -0.39 is 41.4 Å². The number of carbonyl (C=O) groups excluding carboxylic acids is 2. The third kappa shape index (κ3) is 4.70. The number of β-amino-alcohol motifs (C(OH)–C–C–N with tert-alkyl or cyclic N) is 1. The molecule has 2 rings (SSSR count). The molecule has 152 valence electrons. The Bertz CT molecular complexity index is 797. The van der Waals surface area contributed by atoms with Gasteiger partial charge in [0.05, 0.1) is 23.8 Å². The highest BCUT2D eigenvalue weighted by atomic mass is 19.1. The molecule has 0 aromatic heterocycles. The van der Waals surface area contributed by atoms with Gasteiger partial charge >= 0.3 is 0 Å². The zero-order valence-corrected chi connectivity index (χ0v) is 16.7. The number of amides is 2. The minimum absolute atomic E-state index is 0.0561. The number of aliphatic hydroxyl groups is 1. The van der Waals surface area contributed by atoms with Crippen LogP contribution < -0.4 is 11.1 Å². The van der Waals surface area contributed by atoms with Gasteiger partial charge in [-0.15, -0.1) is 6.42 Å². The van der Waals surface area contributed by atoms with Crippen molar-refractivity contribution in [2.24, 2.45) is 11.1 Å². The van der Waals surface area contributed by atoms with Gasteiger partial charge in [-0.1, -0.05) is 32.8 Å². The predicted molar refractivity (Wildman–Crippen MR) is 104 cm³/mol. The zero-order chi connectivity index (χ0) is 21.2. The number of likely N-dealkylation sites (tertiary alicyclic amines) is 1. The van der Waals surface area contributed by atoms with Crippen LogP contribution in [0.1, 0.15) is 51.3 Å². The van der Waals surface area contributed by atoms with Gasteiger partial charge in [0.15, 0.2) is 0 Å². The molecule has 7 heteroatoms. The number of nitrogens with zero attached hydrogens (tertiary/aromatic N) is 1. The SMILES string of the molecule is C#Cc1ccc([C@H](C)NC(=O)[C@@H]2C[C@@H](O)CN2C(=O)[C@@H](N)C(C)(C)C)cc1F. The van der Waals surface area contributed by atoms with E-state index in [1.54, 1.807) is 13.0 Å². The number of terminal acetylenes is 1. The van der Waals surface area contributed by atoms with Crippen LogP contribution >= 0.6 is 0 Å². The highest BCUT2D eigenvalue weighted by Gasteiger charge is 2.42. The number of rotatable bonds is 4. The van der Waals surface area contributed by atoms with Crippen LogP contribution in [0.15, 0.2) is 18.2 Å². The molecule has 1 saturated heterocycles. The molecule has 1 aromatic carbocycles. The van der Waals surface area contributed by atoms with E-state index in [4.69, 9.17) is 12.2 Å². The summed E-state index contributed by atoms with van der Waals surface area (Å²) in [6.45, 7) is 7.29. The van der Waals surface area contributed by atoms with Crippen LogP contribution in [0.2, 0.25) is 0 Å². The second kappa shape index (κ2) is 8.29. The maximum atomic E-state index is 13.9. The van der Waals surface area contributed by atoms with Gasteiger partial charge in [0.2, 0.25) is 11.8 Å². The highest BCUT2D eigenvalue weighted by molar-refractivity contribution is 5.91. The summed E-state index contributed by atoms with van der Waals surface area (Å²) in [7, 11) is 0. The fourth-order valence-electron chi connectivity index (χ4n) is 3.17. The Morgan fingerprint density at radius 3 is 2.61 bits per heavy atom. The highest BCUT2D eigenvalue weighted by Crippen LogP contribution is 2.25. The maximum absolute atomic E-state index is 13.9. The first-order valence-corrected chi connectivity index (χ1v) is 9.26. The first kappa shape index (κ1) is 21.9. The lowest BCUT2D eigenvalue weighted by Gasteiger charge is -2.32. The Hall–Kier alpha value is -2.43. The zero-order valence-electron chi connectivity index (χ0n) is 16.7. The van der Waals surface area contributed by atoms with Gasteiger partial charge in [0.1, 0.15) is 11.9 Å². The van der Waals surface area contributed by atoms with Crippen molar-refractivity contribution >= 4 is 11.8 Å². The summed E-state index contributed by atoms with van der Waals surface area (Å²) in [5.74, 6) is 0.919. The Morgan fingerprint density at radius 2 is 2.07 bits per heavy atom. The number of hydrogen-bond donors (Lipinski definition) is 3. The third-order valence-corrected chi connectivity index (χ3v) is 5.07. The van der Waals surface area contributed by atoms with Crippen molar-refractivity contribution < 1.29 is 19.1 Å². The van der Waals surface area contributed by atoms with Gasteiger partial charge in [-0.2, -0.15) is 0 Å². The van der Waals surface area contributed by atoms with Crippen molar-refractivity contribution in [3.8, 4) is 12.3 Å². The fourth-order valence-corrected chi connectivity index (χ4v) is 3.17. The van der Waals surface area contributed by atoms with Crippen LogP contribution in [-0.4, -0.2) is 46.6 Å². The Balaban J connectivity index is 2.14. The van der Waals surface area contributed by atoms with E-state index in [0.717, 1.165) is 0 Å². The molecule has 6 nitrogen and oxygen atoms in total. The molecule has 1 fully saturated rings. The van der Waals surface area contributed by atoms with E-state index in [-0.39, 0.29) is 24.4 Å². The van der Waals surface area contributed by atoms with Crippen molar-refractivity contribution in [3.63, 3.8) is 0 Å². The van der Waals surface area contributed by atoms with Gasteiger partial charge in [-0.25, -0.2) is 4.39 Å². The quantitative estimate of drug-likeness (QED) is 0.677. The summed E-state index contributed by atoms with van der Waals surface area (Å²) in [5.41, 5.74) is 6.27. The van der Waals surface area contributed by atoms with Crippen LogP contribution in [0, 0.1) is 23.6 Å².